The largest absolute Gasteiger partial charge is 0.411 e. The van der Waals surface area contributed by atoms with Crippen LogP contribution in [0.3, 0.4) is 0 Å². The van der Waals surface area contributed by atoms with Crippen LogP contribution in [0.25, 0.3) is 0 Å². The zero-order valence-electron chi connectivity index (χ0n) is 10.9. The van der Waals surface area contributed by atoms with Crippen LogP contribution in [0.2, 0.25) is 0 Å². The summed E-state index contributed by atoms with van der Waals surface area (Å²) in [6.07, 6.45) is 4.64. The summed E-state index contributed by atoms with van der Waals surface area (Å²) in [7, 11) is 1.77. The number of hydrogen-bond acceptors (Lipinski definition) is 2. The zero-order valence-corrected chi connectivity index (χ0v) is 10.9. The Hall–Kier alpha value is -0.550. The van der Waals surface area contributed by atoms with E-state index in [4.69, 9.17) is 4.74 Å². The smallest absolute Gasteiger partial charge is 0.370 e. The van der Waals surface area contributed by atoms with Crippen molar-refractivity contribution in [3.8, 4) is 0 Å². The number of rotatable bonds is 5. The molecule has 0 aromatic rings. The average molecular weight is 265 g/mol. The van der Waals surface area contributed by atoms with E-state index in [0.29, 0.717) is 0 Å². The Balaban J connectivity index is 2.43. The van der Waals surface area contributed by atoms with Crippen molar-refractivity contribution in [3.05, 3.63) is 11.6 Å². The highest BCUT2D eigenvalue weighted by atomic mass is 19.4. The number of ether oxygens (including phenoxy) is 1. The van der Waals surface area contributed by atoms with Gasteiger partial charge in [0.25, 0.3) is 0 Å². The molecule has 0 radical (unpaired) electrons. The topological polar surface area (TPSA) is 21.3 Å². The highest BCUT2D eigenvalue weighted by Crippen LogP contribution is 2.20. The van der Waals surface area contributed by atoms with Crippen molar-refractivity contribution < 1.29 is 17.9 Å². The van der Waals surface area contributed by atoms with Crippen molar-refractivity contribution >= 4 is 0 Å². The molecule has 0 saturated carbocycles. The zero-order chi connectivity index (χ0) is 13.4. The van der Waals surface area contributed by atoms with Crippen LogP contribution in [0.1, 0.15) is 38.5 Å². The summed E-state index contributed by atoms with van der Waals surface area (Å²) in [5, 5.41) is 3.05. The summed E-state index contributed by atoms with van der Waals surface area (Å²) in [6.45, 7) is -1.08. The number of alkyl halides is 3. The van der Waals surface area contributed by atoms with Gasteiger partial charge >= 0.3 is 6.18 Å². The molecule has 0 bridgehead atoms. The Kier molecular flexibility index (Phi) is 6.71. The fourth-order valence-electron chi connectivity index (χ4n) is 2.20. The number of halogens is 3. The Bertz CT molecular complexity index is 263. The van der Waals surface area contributed by atoms with E-state index >= 15 is 0 Å². The minimum absolute atomic E-state index is 0.0852. The van der Waals surface area contributed by atoms with Crippen molar-refractivity contribution in [2.75, 3.05) is 20.3 Å². The first kappa shape index (κ1) is 15.5. The highest BCUT2D eigenvalue weighted by molar-refractivity contribution is 5.11. The van der Waals surface area contributed by atoms with Gasteiger partial charge in [-0.15, -0.1) is 0 Å². The summed E-state index contributed by atoms with van der Waals surface area (Å²) in [5.41, 5.74) is 1.19. The molecule has 18 heavy (non-hydrogen) atoms. The van der Waals surface area contributed by atoms with Crippen LogP contribution >= 0.6 is 0 Å². The van der Waals surface area contributed by atoms with E-state index in [9.17, 15) is 13.2 Å². The van der Waals surface area contributed by atoms with Crippen molar-refractivity contribution in [3.63, 3.8) is 0 Å². The van der Waals surface area contributed by atoms with Gasteiger partial charge in [-0.1, -0.05) is 24.5 Å². The first-order valence-electron chi connectivity index (χ1n) is 6.53. The number of nitrogens with one attached hydrogen (secondary N) is 1. The monoisotopic (exact) mass is 265 g/mol. The molecule has 0 spiro atoms. The molecular weight excluding hydrogens is 243 g/mol. The van der Waals surface area contributed by atoms with Crippen LogP contribution in [0.5, 0.6) is 0 Å². The predicted octanol–water partition coefficient (Wildman–Crippen LogP) is 3.43. The minimum Gasteiger partial charge on any atom is -0.370 e. The lowest BCUT2D eigenvalue weighted by Crippen LogP contribution is -2.34. The van der Waals surface area contributed by atoms with Crippen LogP contribution in [-0.4, -0.2) is 32.5 Å². The SMILES string of the molecule is CNC(COCC(F)(F)F)C1=CCCCCCC1. The lowest BCUT2D eigenvalue weighted by atomic mass is 9.95. The van der Waals surface area contributed by atoms with Gasteiger partial charge in [0, 0.05) is 0 Å². The van der Waals surface area contributed by atoms with Crippen LogP contribution in [-0.2, 0) is 4.74 Å². The average Bonchev–Trinajstić information content (AvgIpc) is 2.23. The molecule has 5 heteroatoms. The van der Waals surface area contributed by atoms with Gasteiger partial charge in [-0.2, -0.15) is 13.2 Å². The fraction of sp³-hybridized carbons (Fsp3) is 0.846. The molecule has 106 valence electrons. The van der Waals surface area contributed by atoms with E-state index in [-0.39, 0.29) is 12.6 Å². The molecule has 1 atom stereocenters. The number of likely N-dealkylation sites (N-methyl/N-ethyl adjacent to an activating group) is 1. The van der Waals surface area contributed by atoms with Crippen molar-refractivity contribution in [2.24, 2.45) is 0 Å². The van der Waals surface area contributed by atoms with E-state index in [0.717, 1.165) is 19.3 Å². The van der Waals surface area contributed by atoms with Gasteiger partial charge in [-0.3, -0.25) is 0 Å². The van der Waals surface area contributed by atoms with Crippen LogP contribution < -0.4 is 5.32 Å². The molecule has 0 fully saturated rings. The summed E-state index contributed by atoms with van der Waals surface area (Å²) in [5.74, 6) is 0. The molecule has 0 amide bonds. The van der Waals surface area contributed by atoms with Gasteiger partial charge in [0.05, 0.1) is 12.6 Å². The minimum atomic E-state index is -4.24. The van der Waals surface area contributed by atoms with Crippen molar-refractivity contribution in [1.82, 2.24) is 5.32 Å². The maximum Gasteiger partial charge on any atom is 0.411 e. The molecule has 1 unspecified atom stereocenters. The van der Waals surface area contributed by atoms with Gasteiger partial charge < -0.3 is 10.1 Å². The maximum absolute atomic E-state index is 12.0. The van der Waals surface area contributed by atoms with Gasteiger partial charge in [0.1, 0.15) is 6.61 Å². The highest BCUT2D eigenvalue weighted by Gasteiger charge is 2.28. The van der Waals surface area contributed by atoms with Crippen LogP contribution in [0.15, 0.2) is 11.6 Å². The molecule has 1 N–H and O–H groups in total. The van der Waals surface area contributed by atoms with Gasteiger partial charge in [0.15, 0.2) is 0 Å². The second kappa shape index (κ2) is 7.79. The maximum atomic E-state index is 12.0. The Labute approximate surface area is 107 Å². The van der Waals surface area contributed by atoms with Crippen molar-refractivity contribution in [2.45, 2.75) is 50.7 Å². The van der Waals surface area contributed by atoms with E-state index in [1.54, 1.807) is 7.05 Å². The van der Waals surface area contributed by atoms with E-state index in [2.05, 4.69) is 11.4 Å². The third-order valence-corrected chi connectivity index (χ3v) is 3.17. The van der Waals surface area contributed by atoms with Crippen molar-refractivity contribution in [1.29, 1.82) is 0 Å². The van der Waals surface area contributed by atoms with E-state index < -0.39 is 12.8 Å². The molecule has 1 rings (SSSR count). The summed E-state index contributed by atoms with van der Waals surface area (Å²) in [6, 6.07) is -0.0922. The van der Waals surface area contributed by atoms with E-state index in [1.165, 1.54) is 24.8 Å². The summed E-state index contributed by atoms with van der Waals surface area (Å²) < 4.78 is 40.8. The lowest BCUT2D eigenvalue weighted by molar-refractivity contribution is -0.174. The Morgan fingerprint density at radius 2 is 2.00 bits per heavy atom. The molecule has 1 aliphatic rings. The fourth-order valence-corrected chi connectivity index (χ4v) is 2.20. The second-order valence-electron chi connectivity index (χ2n) is 4.70. The molecule has 0 aromatic carbocycles. The number of allylic oxidation sites excluding steroid dienone is 1. The quantitative estimate of drug-likeness (QED) is 0.769. The van der Waals surface area contributed by atoms with Crippen LogP contribution in [0.4, 0.5) is 13.2 Å². The summed E-state index contributed by atoms with van der Waals surface area (Å²) in [4.78, 5) is 0. The molecular formula is C13H22F3NO. The van der Waals surface area contributed by atoms with Gasteiger partial charge in [-0.05, 0) is 32.7 Å². The third kappa shape index (κ3) is 6.40. The Morgan fingerprint density at radius 3 is 2.67 bits per heavy atom. The second-order valence-corrected chi connectivity index (χ2v) is 4.70. The first-order valence-corrected chi connectivity index (χ1v) is 6.53. The first-order chi connectivity index (χ1) is 8.53. The molecule has 2 nitrogen and oxygen atoms in total. The molecule has 0 saturated heterocycles. The molecule has 1 aliphatic carbocycles. The molecule has 0 aromatic heterocycles. The van der Waals surface area contributed by atoms with Gasteiger partial charge in [-0.25, -0.2) is 0 Å². The van der Waals surface area contributed by atoms with Gasteiger partial charge in [0.2, 0.25) is 0 Å². The normalized spacial score (nSPS) is 19.9. The molecule has 0 aliphatic heterocycles. The Morgan fingerprint density at radius 1 is 1.28 bits per heavy atom. The standard InChI is InChI=1S/C13H22F3NO/c1-17-12(9-18-10-13(14,15)16)11-7-5-3-2-4-6-8-11/h7,12,17H,2-6,8-10H2,1H3. The van der Waals surface area contributed by atoms with E-state index in [1.807, 2.05) is 0 Å². The number of hydrogen-bond donors (Lipinski definition) is 1. The third-order valence-electron chi connectivity index (χ3n) is 3.17. The van der Waals surface area contributed by atoms with Crippen LogP contribution in [0, 0.1) is 0 Å². The predicted molar refractivity (Wildman–Crippen MR) is 65.5 cm³/mol. The molecule has 0 heterocycles. The summed E-state index contributed by atoms with van der Waals surface area (Å²) >= 11 is 0. The lowest BCUT2D eigenvalue weighted by Gasteiger charge is -2.22.